The van der Waals surface area contributed by atoms with Crippen LogP contribution in [0.2, 0.25) is 0 Å². The molecule has 4 heteroatoms. The Morgan fingerprint density at radius 2 is 1.81 bits per heavy atom. The zero-order valence-electron chi connectivity index (χ0n) is 14.6. The van der Waals surface area contributed by atoms with Gasteiger partial charge in [0.1, 0.15) is 0 Å². The summed E-state index contributed by atoms with van der Waals surface area (Å²) < 4.78 is 5.22. The molecule has 0 radical (unpaired) electrons. The van der Waals surface area contributed by atoms with Crippen LogP contribution < -0.4 is 0 Å². The van der Waals surface area contributed by atoms with Crippen molar-refractivity contribution in [1.82, 2.24) is 4.98 Å². The molecule has 132 valence electrons. The Labute approximate surface area is 152 Å². The van der Waals surface area contributed by atoms with Crippen LogP contribution in [-0.4, -0.2) is 23.3 Å². The van der Waals surface area contributed by atoms with E-state index in [1.807, 2.05) is 48.7 Å². The topological polar surface area (TPSA) is 59.2 Å². The summed E-state index contributed by atoms with van der Waals surface area (Å²) in [5.74, 6) is -0.535. The quantitative estimate of drug-likeness (QED) is 0.560. The van der Waals surface area contributed by atoms with Gasteiger partial charge in [-0.1, -0.05) is 30.3 Å². The Balaban J connectivity index is 1.37. The van der Waals surface area contributed by atoms with E-state index in [1.54, 1.807) is 0 Å². The van der Waals surface area contributed by atoms with Crippen molar-refractivity contribution in [2.24, 2.45) is 0 Å². The van der Waals surface area contributed by atoms with E-state index in [4.69, 9.17) is 4.74 Å². The minimum Gasteiger partial charge on any atom is -0.457 e. The van der Waals surface area contributed by atoms with Crippen LogP contribution in [-0.2, 0) is 28.8 Å². The van der Waals surface area contributed by atoms with Crippen molar-refractivity contribution in [3.05, 3.63) is 70.9 Å². The van der Waals surface area contributed by atoms with Crippen molar-refractivity contribution >= 4 is 22.7 Å². The number of aryl methyl sites for hydroxylation is 2. The molecule has 1 aromatic heterocycles. The van der Waals surface area contributed by atoms with Gasteiger partial charge in [-0.25, -0.2) is 0 Å². The number of ketones is 1. The molecule has 0 saturated heterocycles. The maximum atomic E-state index is 12.4. The first kappa shape index (κ1) is 16.6. The first-order valence-electron chi connectivity index (χ1n) is 9.06. The molecule has 4 rings (SSSR count). The fourth-order valence-corrected chi connectivity index (χ4v) is 3.62. The lowest BCUT2D eigenvalue weighted by Crippen LogP contribution is -2.16. The van der Waals surface area contributed by atoms with E-state index in [0.717, 1.165) is 29.3 Å². The van der Waals surface area contributed by atoms with Crippen LogP contribution in [0.15, 0.2) is 48.7 Å². The van der Waals surface area contributed by atoms with Gasteiger partial charge in [0.15, 0.2) is 12.4 Å². The van der Waals surface area contributed by atoms with Crippen LogP contribution in [0.1, 0.15) is 39.9 Å². The summed E-state index contributed by atoms with van der Waals surface area (Å²) in [6, 6.07) is 13.7. The number of ether oxygens (including phenoxy) is 1. The van der Waals surface area contributed by atoms with Gasteiger partial charge in [-0.15, -0.1) is 0 Å². The van der Waals surface area contributed by atoms with Gasteiger partial charge < -0.3 is 9.72 Å². The highest BCUT2D eigenvalue weighted by Crippen LogP contribution is 2.22. The molecule has 1 aliphatic rings. The number of para-hydroxylation sites is 1. The second-order valence-electron chi connectivity index (χ2n) is 6.81. The maximum absolute atomic E-state index is 12.4. The summed E-state index contributed by atoms with van der Waals surface area (Å²) in [6.45, 7) is -0.208. The standard InChI is InChI=1S/C22H21NO3/c24-21(17-10-9-15-5-1-2-6-16(15)11-17)14-26-22(25)12-18-13-23-20-8-4-3-7-19(18)20/h3-4,7-11,13,23H,1-2,5-6,12,14H2. The van der Waals surface area contributed by atoms with E-state index in [1.165, 1.54) is 24.0 Å². The van der Waals surface area contributed by atoms with Gasteiger partial charge in [0, 0.05) is 22.7 Å². The number of nitrogens with one attached hydrogen (secondary N) is 1. The molecule has 0 fully saturated rings. The van der Waals surface area contributed by atoms with Crippen molar-refractivity contribution in [2.75, 3.05) is 6.61 Å². The van der Waals surface area contributed by atoms with Gasteiger partial charge in [0.2, 0.25) is 0 Å². The number of carbonyl (C=O) groups excluding carboxylic acids is 2. The van der Waals surface area contributed by atoms with E-state index in [0.29, 0.717) is 5.56 Å². The molecule has 4 nitrogen and oxygen atoms in total. The van der Waals surface area contributed by atoms with Crippen molar-refractivity contribution in [1.29, 1.82) is 0 Å². The lowest BCUT2D eigenvalue weighted by atomic mass is 9.90. The molecule has 0 atom stereocenters. The number of carbonyl (C=O) groups is 2. The smallest absolute Gasteiger partial charge is 0.310 e. The number of hydrogen-bond acceptors (Lipinski definition) is 3. The number of esters is 1. The molecule has 0 aliphatic heterocycles. The Hall–Kier alpha value is -2.88. The highest BCUT2D eigenvalue weighted by molar-refractivity contribution is 5.98. The molecular weight excluding hydrogens is 326 g/mol. The van der Waals surface area contributed by atoms with Crippen LogP contribution in [0.3, 0.4) is 0 Å². The van der Waals surface area contributed by atoms with Crippen LogP contribution in [0, 0.1) is 0 Å². The highest BCUT2D eigenvalue weighted by atomic mass is 16.5. The Morgan fingerprint density at radius 1 is 1.00 bits per heavy atom. The van der Waals surface area contributed by atoms with Crippen molar-refractivity contribution < 1.29 is 14.3 Å². The fraction of sp³-hybridized carbons (Fsp3) is 0.273. The lowest BCUT2D eigenvalue weighted by molar-refractivity contribution is -0.141. The molecular formula is C22H21NO3. The molecule has 0 unspecified atom stereocenters. The van der Waals surface area contributed by atoms with E-state index in [-0.39, 0.29) is 24.8 Å². The predicted octanol–water partition coefficient (Wildman–Crippen LogP) is 4.02. The molecule has 1 aliphatic carbocycles. The zero-order valence-corrected chi connectivity index (χ0v) is 14.6. The number of fused-ring (bicyclic) bond motifs is 2. The van der Waals surface area contributed by atoms with Gasteiger partial charge in [-0.05, 0) is 54.5 Å². The molecule has 0 amide bonds. The van der Waals surface area contributed by atoms with Crippen molar-refractivity contribution in [3.8, 4) is 0 Å². The average Bonchev–Trinajstić information content (AvgIpc) is 3.08. The molecule has 1 N–H and O–H groups in total. The fourth-order valence-electron chi connectivity index (χ4n) is 3.62. The predicted molar refractivity (Wildman–Crippen MR) is 100 cm³/mol. The minimum atomic E-state index is -0.388. The largest absolute Gasteiger partial charge is 0.457 e. The van der Waals surface area contributed by atoms with E-state index >= 15 is 0 Å². The molecule has 0 bridgehead atoms. The summed E-state index contributed by atoms with van der Waals surface area (Å²) in [5.41, 5.74) is 5.09. The Morgan fingerprint density at radius 3 is 2.69 bits per heavy atom. The minimum absolute atomic E-state index is 0.148. The number of aromatic nitrogens is 1. The zero-order chi connectivity index (χ0) is 17.9. The third-order valence-corrected chi connectivity index (χ3v) is 5.04. The average molecular weight is 347 g/mol. The van der Waals surface area contributed by atoms with Gasteiger partial charge in [-0.3, -0.25) is 9.59 Å². The highest BCUT2D eigenvalue weighted by Gasteiger charge is 2.15. The number of aromatic amines is 1. The molecule has 0 saturated carbocycles. The molecule has 1 heterocycles. The second-order valence-corrected chi connectivity index (χ2v) is 6.81. The monoisotopic (exact) mass is 347 g/mol. The summed E-state index contributed by atoms with van der Waals surface area (Å²) in [5, 5.41) is 1.01. The third-order valence-electron chi connectivity index (χ3n) is 5.04. The first-order chi connectivity index (χ1) is 12.7. The number of Topliss-reactive ketones (excluding diaryl/α,β-unsaturated/α-hetero) is 1. The molecule has 2 aromatic carbocycles. The van der Waals surface area contributed by atoms with Crippen molar-refractivity contribution in [2.45, 2.75) is 32.1 Å². The van der Waals surface area contributed by atoms with Crippen LogP contribution in [0.4, 0.5) is 0 Å². The summed E-state index contributed by atoms with van der Waals surface area (Å²) in [4.78, 5) is 27.6. The number of H-pyrrole nitrogens is 1. The maximum Gasteiger partial charge on any atom is 0.310 e. The summed E-state index contributed by atoms with van der Waals surface area (Å²) in [7, 11) is 0. The van der Waals surface area contributed by atoms with Gasteiger partial charge >= 0.3 is 5.97 Å². The van der Waals surface area contributed by atoms with Crippen LogP contribution >= 0.6 is 0 Å². The van der Waals surface area contributed by atoms with E-state index in [9.17, 15) is 9.59 Å². The van der Waals surface area contributed by atoms with Crippen molar-refractivity contribution in [3.63, 3.8) is 0 Å². The number of hydrogen-bond donors (Lipinski definition) is 1. The second kappa shape index (κ2) is 7.16. The molecule has 0 spiro atoms. The summed E-state index contributed by atoms with van der Waals surface area (Å²) in [6.07, 6.45) is 6.47. The summed E-state index contributed by atoms with van der Waals surface area (Å²) >= 11 is 0. The Kier molecular flexibility index (Phi) is 4.57. The van der Waals surface area contributed by atoms with Crippen LogP contribution in [0.25, 0.3) is 10.9 Å². The van der Waals surface area contributed by atoms with Crippen LogP contribution in [0.5, 0.6) is 0 Å². The Bertz CT molecular complexity index is 970. The third kappa shape index (κ3) is 3.40. The lowest BCUT2D eigenvalue weighted by Gasteiger charge is -2.16. The molecule has 3 aromatic rings. The molecule has 26 heavy (non-hydrogen) atoms. The van der Waals surface area contributed by atoms with E-state index in [2.05, 4.69) is 4.98 Å². The van der Waals surface area contributed by atoms with Gasteiger partial charge in [0.05, 0.1) is 6.42 Å². The number of rotatable bonds is 5. The normalized spacial score (nSPS) is 13.4. The number of benzene rings is 2. The van der Waals surface area contributed by atoms with E-state index < -0.39 is 0 Å². The SMILES string of the molecule is O=C(Cc1c[nH]c2ccccc12)OCC(=O)c1ccc2c(c1)CCCC2. The first-order valence-corrected chi connectivity index (χ1v) is 9.06. The van der Waals surface area contributed by atoms with Gasteiger partial charge in [-0.2, -0.15) is 0 Å². The van der Waals surface area contributed by atoms with Gasteiger partial charge in [0.25, 0.3) is 0 Å².